The summed E-state index contributed by atoms with van der Waals surface area (Å²) in [6, 6.07) is 7.81. The molecular formula is C16H19N3O. The van der Waals surface area contributed by atoms with Crippen molar-refractivity contribution >= 4 is 5.91 Å². The average molecular weight is 269 g/mol. The van der Waals surface area contributed by atoms with Gasteiger partial charge in [-0.15, -0.1) is 0 Å². The summed E-state index contributed by atoms with van der Waals surface area (Å²) in [7, 11) is 3.54. The van der Waals surface area contributed by atoms with Gasteiger partial charge in [-0.3, -0.25) is 9.89 Å². The van der Waals surface area contributed by atoms with E-state index < -0.39 is 0 Å². The zero-order valence-corrected chi connectivity index (χ0v) is 12.1. The first kappa shape index (κ1) is 12.9. The lowest BCUT2D eigenvalue weighted by molar-refractivity contribution is 0.0827. The van der Waals surface area contributed by atoms with Gasteiger partial charge in [0.05, 0.1) is 5.69 Å². The third-order valence-corrected chi connectivity index (χ3v) is 3.74. The molecule has 1 aromatic carbocycles. The summed E-state index contributed by atoms with van der Waals surface area (Å²) in [5.41, 5.74) is 5.18. The van der Waals surface area contributed by atoms with Crippen LogP contribution in [0.3, 0.4) is 0 Å². The number of benzene rings is 1. The molecule has 1 N–H and O–H groups in total. The number of hydrogen-bond acceptors (Lipinski definition) is 2. The Hall–Kier alpha value is -2.10. The van der Waals surface area contributed by atoms with E-state index in [0.717, 1.165) is 22.5 Å². The summed E-state index contributed by atoms with van der Waals surface area (Å²) in [5, 5.41) is 7.53. The summed E-state index contributed by atoms with van der Waals surface area (Å²) in [6.07, 6.45) is 2.43. The van der Waals surface area contributed by atoms with Crippen LogP contribution >= 0.6 is 0 Å². The third-order valence-electron chi connectivity index (χ3n) is 3.74. The number of aryl methyl sites for hydroxylation is 1. The summed E-state index contributed by atoms with van der Waals surface area (Å²) in [5.74, 6) is 0.615. The van der Waals surface area contributed by atoms with E-state index in [2.05, 4.69) is 16.3 Å². The number of nitrogens with zero attached hydrogens (tertiary/aromatic N) is 2. The van der Waals surface area contributed by atoms with Crippen molar-refractivity contribution in [1.29, 1.82) is 0 Å². The highest BCUT2D eigenvalue weighted by molar-refractivity contribution is 5.95. The molecule has 0 unspecified atom stereocenters. The van der Waals surface area contributed by atoms with Crippen LogP contribution in [0.25, 0.3) is 11.1 Å². The van der Waals surface area contributed by atoms with Crippen molar-refractivity contribution < 1.29 is 4.79 Å². The van der Waals surface area contributed by atoms with E-state index in [1.807, 2.05) is 25.1 Å². The zero-order chi connectivity index (χ0) is 14.3. The molecule has 1 saturated carbocycles. The lowest BCUT2D eigenvalue weighted by Crippen LogP contribution is -2.21. The molecule has 1 heterocycles. The Morgan fingerprint density at radius 2 is 2.10 bits per heavy atom. The van der Waals surface area contributed by atoms with Gasteiger partial charge < -0.3 is 4.90 Å². The Balaban J connectivity index is 2.04. The fourth-order valence-electron chi connectivity index (χ4n) is 2.53. The molecule has 0 bridgehead atoms. The average Bonchev–Trinajstić information content (AvgIpc) is 3.21. The van der Waals surface area contributed by atoms with Gasteiger partial charge in [0.15, 0.2) is 0 Å². The first-order valence-electron chi connectivity index (χ1n) is 6.95. The van der Waals surface area contributed by atoms with Crippen LogP contribution in [0, 0.1) is 6.92 Å². The molecule has 0 saturated heterocycles. The number of rotatable bonds is 3. The number of aromatic nitrogens is 2. The van der Waals surface area contributed by atoms with Crippen LogP contribution in [0.15, 0.2) is 24.3 Å². The molecule has 104 valence electrons. The maximum Gasteiger partial charge on any atom is 0.253 e. The van der Waals surface area contributed by atoms with Crippen LogP contribution in [0.4, 0.5) is 0 Å². The molecule has 0 atom stereocenters. The van der Waals surface area contributed by atoms with Gasteiger partial charge in [0.25, 0.3) is 5.91 Å². The van der Waals surface area contributed by atoms with Crippen molar-refractivity contribution in [2.75, 3.05) is 14.1 Å². The van der Waals surface area contributed by atoms with Crippen LogP contribution in [0.2, 0.25) is 0 Å². The van der Waals surface area contributed by atoms with Crippen molar-refractivity contribution in [3.05, 3.63) is 41.2 Å². The molecule has 4 heteroatoms. The fourth-order valence-corrected chi connectivity index (χ4v) is 2.53. The molecule has 0 aliphatic heterocycles. The van der Waals surface area contributed by atoms with Crippen molar-refractivity contribution in [3.63, 3.8) is 0 Å². The van der Waals surface area contributed by atoms with Gasteiger partial charge in [-0.05, 0) is 37.5 Å². The quantitative estimate of drug-likeness (QED) is 0.931. The van der Waals surface area contributed by atoms with E-state index in [1.165, 1.54) is 18.4 Å². The molecular weight excluding hydrogens is 250 g/mol. The summed E-state index contributed by atoms with van der Waals surface area (Å²) < 4.78 is 0. The van der Waals surface area contributed by atoms with Crippen LogP contribution < -0.4 is 0 Å². The molecule has 0 radical (unpaired) electrons. The van der Waals surface area contributed by atoms with Crippen molar-refractivity contribution in [2.45, 2.75) is 25.7 Å². The number of aromatic amines is 1. The number of nitrogens with one attached hydrogen (secondary N) is 1. The van der Waals surface area contributed by atoms with E-state index in [4.69, 9.17) is 0 Å². The van der Waals surface area contributed by atoms with Gasteiger partial charge in [-0.1, -0.05) is 12.1 Å². The van der Waals surface area contributed by atoms with Gasteiger partial charge in [0.1, 0.15) is 0 Å². The van der Waals surface area contributed by atoms with E-state index in [0.29, 0.717) is 5.92 Å². The molecule has 3 rings (SSSR count). The molecule has 1 aromatic heterocycles. The number of carbonyl (C=O) groups is 1. The molecule has 2 aromatic rings. The highest BCUT2D eigenvalue weighted by Crippen LogP contribution is 2.44. The fraction of sp³-hybridized carbons (Fsp3) is 0.375. The van der Waals surface area contributed by atoms with E-state index in [9.17, 15) is 4.79 Å². The van der Waals surface area contributed by atoms with Crippen molar-refractivity contribution in [2.24, 2.45) is 0 Å². The maximum absolute atomic E-state index is 12.1. The van der Waals surface area contributed by atoms with Gasteiger partial charge >= 0.3 is 0 Å². The maximum atomic E-state index is 12.1. The minimum atomic E-state index is 0.0287. The van der Waals surface area contributed by atoms with Gasteiger partial charge in [0, 0.05) is 36.8 Å². The lowest BCUT2D eigenvalue weighted by Gasteiger charge is -2.11. The molecule has 20 heavy (non-hydrogen) atoms. The predicted octanol–water partition coefficient (Wildman–Crippen LogP) is 2.96. The first-order chi connectivity index (χ1) is 9.58. The van der Waals surface area contributed by atoms with Crippen LogP contribution in [0.5, 0.6) is 0 Å². The Morgan fingerprint density at radius 3 is 2.75 bits per heavy atom. The van der Waals surface area contributed by atoms with E-state index >= 15 is 0 Å². The smallest absolute Gasteiger partial charge is 0.253 e. The molecule has 0 spiro atoms. The monoisotopic (exact) mass is 269 g/mol. The van der Waals surface area contributed by atoms with Gasteiger partial charge in [-0.2, -0.15) is 5.10 Å². The minimum Gasteiger partial charge on any atom is -0.345 e. The molecule has 1 amide bonds. The lowest BCUT2D eigenvalue weighted by atomic mass is 9.99. The number of H-pyrrole nitrogens is 1. The van der Waals surface area contributed by atoms with Crippen molar-refractivity contribution in [1.82, 2.24) is 15.1 Å². The van der Waals surface area contributed by atoms with Crippen molar-refractivity contribution in [3.8, 4) is 11.1 Å². The van der Waals surface area contributed by atoms with E-state index in [-0.39, 0.29) is 5.91 Å². The largest absolute Gasteiger partial charge is 0.345 e. The van der Waals surface area contributed by atoms with Gasteiger partial charge in [-0.25, -0.2) is 0 Å². The molecule has 1 aliphatic rings. The van der Waals surface area contributed by atoms with Gasteiger partial charge in [0.2, 0.25) is 0 Å². The summed E-state index contributed by atoms with van der Waals surface area (Å²) in [4.78, 5) is 13.7. The van der Waals surface area contributed by atoms with Crippen LogP contribution in [0.1, 0.15) is 40.5 Å². The number of carbonyl (C=O) groups excluding carboxylic acids is 1. The highest BCUT2D eigenvalue weighted by Gasteiger charge is 2.30. The summed E-state index contributed by atoms with van der Waals surface area (Å²) in [6.45, 7) is 2.04. The molecule has 1 aliphatic carbocycles. The Labute approximate surface area is 118 Å². The summed E-state index contributed by atoms with van der Waals surface area (Å²) >= 11 is 0. The topological polar surface area (TPSA) is 49.0 Å². The minimum absolute atomic E-state index is 0.0287. The van der Waals surface area contributed by atoms with E-state index in [1.54, 1.807) is 19.0 Å². The second-order valence-corrected chi connectivity index (χ2v) is 5.66. The second kappa shape index (κ2) is 4.78. The SMILES string of the molecule is Cc1[nH]nc(C2CC2)c1-c1cccc(C(=O)N(C)C)c1. The van der Waals surface area contributed by atoms with Crippen LogP contribution in [-0.2, 0) is 0 Å². The Morgan fingerprint density at radius 1 is 1.35 bits per heavy atom. The third kappa shape index (κ3) is 2.22. The second-order valence-electron chi connectivity index (χ2n) is 5.66. The molecule has 4 nitrogen and oxygen atoms in total. The highest BCUT2D eigenvalue weighted by atomic mass is 16.2. The standard InChI is InChI=1S/C16H19N3O/c1-10-14(15(18-17-10)11-7-8-11)12-5-4-6-13(9-12)16(20)19(2)3/h4-6,9,11H,7-8H2,1-3H3,(H,17,18). The first-order valence-corrected chi connectivity index (χ1v) is 6.95. The number of hydrogen-bond donors (Lipinski definition) is 1. The number of amides is 1. The van der Waals surface area contributed by atoms with Crippen LogP contribution in [-0.4, -0.2) is 35.1 Å². The Bertz CT molecular complexity index is 653. The normalized spacial score (nSPS) is 14.3. The Kier molecular flexibility index (Phi) is 3.08. The predicted molar refractivity (Wildman–Crippen MR) is 78.8 cm³/mol. The zero-order valence-electron chi connectivity index (χ0n) is 12.1. The molecule has 1 fully saturated rings.